The number of hydrogen-bond donors (Lipinski definition) is 0. The molecule has 12 heterocycles. The number of para-hydroxylation sites is 6. The lowest BCUT2D eigenvalue weighted by molar-refractivity contribution is 0.671. The number of fused-ring (bicyclic) bond motifs is 42. The zero-order valence-electron chi connectivity index (χ0n) is 66.0. The Kier molecular flexibility index (Phi) is 14.4. The van der Waals surface area contributed by atoms with Crippen LogP contribution in [0.5, 0.6) is 0 Å². The molecule has 13 nitrogen and oxygen atoms in total. The molecule has 0 radical (unpaired) electrons. The number of hydrogen-bond acceptors (Lipinski definition) is 10. The number of aromatic nitrogens is 10. The van der Waals surface area contributed by atoms with E-state index in [1.165, 1.54) is 43.1 Å². The van der Waals surface area contributed by atoms with Crippen LogP contribution in [0, 0.1) is 0 Å². The van der Waals surface area contributed by atoms with Crippen molar-refractivity contribution in [1.82, 2.24) is 48.6 Å². The zero-order valence-corrected chi connectivity index (χ0v) is 66.0. The van der Waals surface area contributed by atoms with Crippen molar-refractivity contribution in [2.24, 2.45) is 0 Å². The Morgan fingerprint density at radius 1 is 0.210 bits per heavy atom. The Balaban J connectivity index is 0.0000000975. The van der Waals surface area contributed by atoms with Gasteiger partial charge in [0.15, 0.2) is 16.7 Å². The summed E-state index contributed by atoms with van der Waals surface area (Å²) in [6.45, 7) is 0. The van der Waals surface area contributed by atoms with Crippen molar-refractivity contribution >= 4 is 239 Å². The number of furan rings is 3. The summed E-state index contributed by atoms with van der Waals surface area (Å²) >= 11 is 0. The minimum absolute atomic E-state index is 0.634. The molecule has 0 unspecified atom stereocenters. The monoisotopic (exact) mass is 1580 g/mol. The quantitative estimate of drug-likeness (QED) is 0.156. The third kappa shape index (κ3) is 9.70. The minimum atomic E-state index is 0.634. The largest absolute Gasteiger partial charge is 0.454 e. The molecular weight excluding hydrogens is 1520 g/mol. The van der Waals surface area contributed by atoms with Crippen molar-refractivity contribution in [3.05, 3.63) is 377 Å². The van der Waals surface area contributed by atoms with Crippen LogP contribution in [0.25, 0.3) is 268 Å². The maximum absolute atomic E-state index is 6.58. The van der Waals surface area contributed by atoms with E-state index in [-0.39, 0.29) is 0 Å². The molecule has 124 heavy (non-hydrogen) atoms. The van der Waals surface area contributed by atoms with Crippen LogP contribution in [0.2, 0.25) is 0 Å². The highest BCUT2D eigenvalue weighted by Crippen LogP contribution is 2.51. The molecule has 0 amide bonds. The van der Waals surface area contributed by atoms with Gasteiger partial charge in [0, 0.05) is 123 Å². The summed E-state index contributed by atoms with van der Waals surface area (Å²) < 4.78 is 26.4. The predicted octanol–water partition coefficient (Wildman–Crippen LogP) is 29.0. The fourth-order valence-corrected chi connectivity index (χ4v) is 20.3. The standard InChI is InChI=1S/C40H23N3O.C38H21N3O.C33H18N4O/c1-2-12-25(13-3-1)37-34-26(21-20-24-11-4-5-14-27(24)34)23-33(42-37)43-31-18-8-6-15-28(31)35-30-17-10-22-41-38(30)40-36(39(35)43)29-16-7-9-19-32(29)44-40;1-3-12-24-22(10-1)23-11-2-4-13-25(23)30-21-40-33(20-29(24)30)41-31-17-7-5-14-26(31)34-28-16-9-19-39-36(28)38-35(37(34)41)27-15-6-8-18-32(27)42-38;1-2-9-21-19(8-1)15-16-20-18-35-33(36-29(20)21)37-25-13-5-3-10-22(25)27-24-12-7-17-34-30(24)32-28(31(27)37)23-11-4-6-14-26(23)38-32/h1-23H;1-21H;1-18H. The second kappa shape index (κ2) is 26.2. The lowest BCUT2D eigenvalue weighted by atomic mass is 9.95. The van der Waals surface area contributed by atoms with Crippen LogP contribution in [-0.2, 0) is 0 Å². The Morgan fingerprint density at radius 2 is 0.589 bits per heavy atom. The Morgan fingerprint density at radius 3 is 1.10 bits per heavy atom. The number of rotatable bonds is 4. The molecule has 17 aromatic carbocycles. The number of benzene rings is 17. The van der Waals surface area contributed by atoms with Crippen LogP contribution >= 0.6 is 0 Å². The minimum Gasteiger partial charge on any atom is -0.454 e. The highest BCUT2D eigenvalue weighted by molar-refractivity contribution is 6.38. The van der Waals surface area contributed by atoms with Crippen molar-refractivity contribution in [3.63, 3.8) is 0 Å². The van der Waals surface area contributed by atoms with Gasteiger partial charge in [0.1, 0.15) is 44.9 Å². The average Bonchev–Trinajstić information content (AvgIpc) is 1.54. The van der Waals surface area contributed by atoms with Crippen molar-refractivity contribution in [3.8, 4) is 28.8 Å². The molecule has 574 valence electrons. The van der Waals surface area contributed by atoms with Crippen molar-refractivity contribution in [1.29, 1.82) is 0 Å². The fourth-order valence-electron chi connectivity index (χ4n) is 20.3. The highest BCUT2D eigenvalue weighted by atomic mass is 16.3. The molecule has 29 rings (SSSR count). The van der Waals surface area contributed by atoms with E-state index in [0.29, 0.717) is 5.95 Å². The van der Waals surface area contributed by atoms with Crippen LogP contribution < -0.4 is 0 Å². The third-order valence-electron chi connectivity index (χ3n) is 25.5. The molecule has 0 spiro atoms. The van der Waals surface area contributed by atoms with E-state index in [9.17, 15) is 0 Å². The smallest absolute Gasteiger partial charge is 0.235 e. The molecular formula is C111H62N10O3. The van der Waals surface area contributed by atoms with E-state index < -0.39 is 0 Å². The molecule has 0 aliphatic carbocycles. The lowest BCUT2D eigenvalue weighted by Gasteiger charge is -2.15. The van der Waals surface area contributed by atoms with Gasteiger partial charge in [0.05, 0.1) is 60.5 Å². The Hall–Kier alpha value is -17.0. The second-order valence-electron chi connectivity index (χ2n) is 32.0. The molecule has 0 aliphatic heterocycles. The molecule has 29 aromatic rings. The molecule has 0 aliphatic rings. The summed E-state index contributed by atoms with van der Waals surface area (Å²) in [5.74, 6) is 2.38. The molecule has 0 bridgehead atoms. The van der Waals surface area contributed by atoms with Crippen LogP contribution in [0.3, 0.4) is 0 Å². The van der Waals surface area contributed by atoms with Crippen LogP contribution in [0.1, 0.15) is 0 Å². The second-order valence-corrected chi connectivity index (χ2v) is 32.0. The number of nitrogens with zero attached hydrogens (tertiary/aromatic N) is 10. The lowest BCUT2D eigenvalue weighted by Crippen LogP contribution is -2.01. The maximum Gasteiger partial charge on any atom is 0.235 e. The van der Waals surface area contributed by atoms with Gasteiger partial charge >= 0.3 is 0 Å². The van der Waals surface area contributed by atoms with Crippen molar-refractivity contribution in [2.45, 2.75) is 0 Å². The molecule has 0 saturated carbocycles. The van der Waals surface area contributed by atoms with Gasteiger partial charge in [-0.25, -0.2) is 19.9 Å². The van der Waals surface area contributed by atoms with Crippen molar-refractivity contribution in [2.75, 3.05) is 0 Å². The van der Waals surface area contributed by atoms with Gasteiger partial charge in [0.25, 0.3) is 0 Å². The molecule has 0 saturated heterocycles. The molecule has 0 atom stereocenters. The summed E-state index contributed by atoms with van der Waals surface area (Å²) in [6.07, 6.45) is 9.50. The van der Waals surface area contributed by atoms with Crippen molar-refractivity contribution < 1.29 is 13.3 Å². The zero-order chi connectivity index (χ0) is 80.9. The SMILES string of the molecule is c1ccc(-c2nc(-n3c4ccccc4c4c5cccnc5c5oc6ccccc6c5c43)cc3ccc4ccccc4c23)cc1.c1ccc2c(c1)ccc1cnc(-n3c4ccccc4c4c5cccnc5c5oc6ccccc6c5c43)nc12.c1ccc2c(c1)oc1c3ncccc3c3c4ccccc4n(-c4cc5c6ccccc6c6ccccc6c5cn4)c3c21. The first kappa shape index (κ1) is 67.9. The topological polar surface area (TPSA) is 144 Å². The van der Waals surface area contributed by atoms with E-state index in [2.05, 4.69) is 305 Å². The summed E-state index contributed by atoms with van der Waals surface area (Å²) in [6, 6.07) is 121. The Labute approximate surface area is 702 Å². The van der Waals surface area contributed by atoms with E-state index in [0.717, 1.165) is 219 Å². The summed E-state index contributed by atoms with van der Waals surface area (Å²) in [4.78, 5) is 35.3. The fraction of sp³-hybridized carbons (Fsp3) is 0. The van der Waals surface area contributed by atoms with Gasteiger partial charge in [0.2, 0.25) is 5.95 Å². The molecule has 13 heteroatoms. The predicted molar refractivity (Wildman–Crippen MR) is 509 cm³/mol. The van der Waals surface area contributed by atoms with E-state index in [1.807, 2.05) is 85.6 Å². The molecule has 0 fully saturated rings. The van der Waals surface area contributed by atoms with Gasteiger partial charge in [-0.1, -0.05) is 279 Å². The first-order chi connectivity index (χ1) is 61.6. The van der Waals surface area contributed by atoms with E-state index >= 15 is 0 Å². The van der Waals surface area contributed by atoms with Gasteiger partial charge in [-0.3, -0.25) is 28.7 Å². The van der Waals surface area contributed by atoms with E-state index in [1.54, 1.807) is 0 Å². The van der Waals surface area contributed by atoms with E-state index in [4.69, 9.17) is 48.1 Å². The summed E-state index contributed by atoms with van der Waals surface area (Å²) in [7, 11) is 0. The maximum atomic E-state index is 6.58. The number of pyridine rings is 5. The highest BCUT2D eigenvalue weighted by Gasteiger charge is 2.30. The van der Waals surface area contributed by atoms with Crippen LogP contribution in [0.4, 0.5) is 0 Å². The van der Waals surface area contributed by atoms with Gasteiger partial charge in [-0.05, 0) is 115 Å². The average molecular weight is 1580 g/mol. The van der Waals surface area contributed by atoms with Gasteiger partial charge in [-0.15, -0.1) is 0 Å². The summed E-state index contributed by atoms with van der Waals surface area (Å²) in [5, 5.41) is 31.7. The van der Waals surface area contributed by atoms with Crippen LogP contribution in [0.15, 0.2) is 390 Å². The van der Waals surface area contributed by atoms with Gasteiger partial charge in [-0.2, -0.15) is 0 Å². The normalized spacial score (nSPS) is 12.2. The van der Waals surface area contributed by atoms with Gasteiger partial charge < -0.3 is 13.3 Å². The third-order valence-corrected chi connectivity index (χ3v) is 25.5. The first-order valence-corrected chi connectivity index (χ1v) is 41.6. The summed E-state index contributed by atoms with van der Waals surface area (Å²) in [5.41, 5.74) is 17.0. The van der Waals surface area contributed by atoms with Crippen LogP contribution in [-0.4, -0.2) is 48.6 Å². The first-order valence-electron chi connectivity index (χ1n) is 41.6. The molecule has 12 aromatic heterocycles. The molecule has 0 N–H and O–H groups in total. The Bertz CT molecular complexity index is 9660.